The molecule has 3 aromatic heterocycles. The second kappa shape index (κ2) is 24.8. The second-order valence-corrected chi connectivity index (χ2v) is 27.7. The minimum Gasteiger partial charge on any atom is -0.508 e. The fourth-order valence-electron chi connectivity index (χ4n) is 13.8. The van der Waals surface area contributed by atoms with E-state index in [1.165, 1.54) is 0 Å². The first-order valence-electron chi connectivity index (χ1n) is 31.0. The van der Waals surface area contributed by atoms with E-state index in [0.717, 1.165) is 76.8 Å². The van der Waals surface area contributed by atoms with Crippen LogP contribution in [0.5, 0.6) is 11.8 Å². The number of anilines is 1. The zero-order chi connectivity index (χ0) is 61.7. The molecule has 3 aromatic carbocycles. The second-order valence-electron chi connectivity index (χ2n) is 26.9. The van der Waals surface area contributed by atoms with Crippen LogP contribution in [0.1, 0.15) is 123 Å². The number of fused-ring (bicyclic) bond motifs is 4. The van der Waals surface area contributed by atoms with Crippen molar-refractivity contribution < 1.29 is 42.5 Å². The molecule has 5 fully saturated rings. The number of nitrogens with zero attached hydrogens (tertiary/aromatic N) is 9. The Balaban J connectivity index is 0.683. The van der Waals surface area contributed by atoms with Crippen molar-refractivity contribution in [1.29, 1.82) is 0 Å². The predicted molar refractivity (Wildman–Crippen MR) is 333 cm³/mol. The number of carbonyl (C=O) groups excluding carboxylic acids is 4. The number of ether oxygens (including phenoxy) is 2. The molecule has 0 saturated carbocycles. The summed E-state index contributed by atoms with van der Waals surface area (Å²) in [5, 5.41) is 18.9. The van der Waals surface area contributed by atoms with Crippen molar-refractivity contribution in [2.24, 2.45) is 11.3 Å². The van der Waals surface area contributed by atoms with Crippen molar-refractivity contribution in [2.45, 2.75) is 155 Å². The van der Waals surface area contributed by atoms with E-state index in [1.807, 2.05) is 115 Å². The number of thiazole rings is 1. The number of nitrogens with one attached hydrogen (secondary N) is 2. The molecule has 5 aliphatic rings. The number of carbonyl (C=O) groups is 4. The minimum atomic E-state index is -1.44. The van der Waals surface area contributed by atoms with E-state index in [2.05, 4.69) is 25.4 Å². The number of pyridine rings is 1. The third-order valence-corrected chi connectivity index (χ3v) is 19.1. The van der Waals surface area contributed by atoms with Gasteiger partial charge in [-0.15, -0.1) is 11.3 Å². The van der Waals surface area contributed by atoms with Gasteiger partial charge in [0.25, 0.3) is 0 Å². The van der Waals surface area contributed by atoms with Gasteiger partial charge in [0, 0.05) is 51.0 Å². The Morgan fingerprint density at radius 3 is 2.29 bits per heavy atom. The average molecular weight is 1210 g/mol. The van der Waals surface area contributed by atoms with Crippen LogP contribution in [-0.4, -0.2) is 169 Å². The maximum atomic E-state index is 17.4. The number of halogens is 2. The number of aromatic hydroxyl groups is 1. The Morgan fingerprint density at radius 2 is 1.62 bits per heavy atom. The summed E-state index contributed by atoms with van der Waals surface area (Å²) in [7, 11) is 0. The average Bonchev–Trinajstić information content (AvgIpc) is 1.76. The lowest BCUT2D eigenvalue weighted by Crippen LogP contribution is -2.63. The quantitative estimate of drug-likeness (QED) is 0.0779. The maximum absolute atomic E-state index is 17.4. The number of amides is 4. The molecule has 3 N–H and O–H groups in total. The molecule has 0 aliphatic carbocycles. The molecule has 5 atom stereocenters. The first-order valence-corrected chi connectivity index (χ1v) is 31.8. The first kappa shape index (κ1) is 61.5. The lowest BCUT2D eigenvalue weighted by Gasteiger charge is -2.47. The molecular formula is C66H83F2N11O7S. The Morgan fingerprint density at radius 1 is 0.897 bits per heavy atom. The highest BCUT2D eigenvalue weighted by atomic mass is 32.1. The minimum absolute atomic E-state index is 0.00957. The number of aryl methyl sites for hydroxylation is 2. The number of aromatic nitrogens is 4. The molecule has 21 heteroatoms. The van der Waals surface area contributed by atoms with Gasteiger partial charge in [0.1, 0.15) is 52.7 Å². The summed E-state index contributed by atoms with van der Waals surface area (Å²) in [6.07, 6.45) is 6.66. The van der Waals surface area contributed by atoms with Crippen LogP contribution >= 0.6 is 11.3 Å². The zero-order valence-corrected chi connectivity index (χ0v) is 52.4. The number of phenols is 1. The number of hydrogen-bond acceptors (Lipinski definition) is 15. The van der Waals surface area contributed by atoms with Gasteiger partial charge in [-0.3, -0.25) is 34.1 Å². The highest BCUT2D eigenvalue weighted by Crippen LogP contribution is 2.42. The Kier molecular flexibility index (Phi) is 17.6. The summed E-state index contributed by atoms with van der Waals surface area (Å²) in [5.41, 5.74) is 3.60. The van der Waals surface area contributed by atoms with E-state index in [4.69, 9.17) is 24.4 Å². The van der Waals surface area contributed by atoms with Crippen molar-refractivity contribution in [3.63, 3.8) is 0 Å². The molecule has 2 bridgehead atoms. The van der Waals surface area contributed by atoms with E-state index >= 15 is 8.78 Å². The summed E-state index contributed by atoms with van der Waals surface area (Å²) in [6.45, 7) is 20.9. The largest absolute Gasteiger partial charge is 0.508 e. The molecular weight excluding hydrogens is 1130 g/mol. The molecule has 87 heavy (non-hydrogen) atoms. The normalized spacial score (nSPS) is 20.8. The van der Waals surface area contributed by atoms with Gasteiger partial charge < -0.3 is 35.0 Å². The first-order chi connectivity index (χ1) is 41.4. The number of rotatable bonds is 17. The van der Waals surface area contributed by atoms with Crippen molar-refractivity contribution in [2.75, 3.05) is 70.4 Å². The van der Waals surface area contributed by atoms with Gasteiger partial charge in [-0.1, -0.05) is 70.2 Å². The predicted octanol–water partition coefficient (Wildman–Crippen LogP) is 10.2. The van der Waals surface area contributed by atoms with Crippen molar-refractivity contribution in [3.05, 3.63) is 88.9 Å². The molecule has 5 saturated heterocycles. The van der Waals surface area contributed by atoms with Crippen LogP contribution < -0.4 is 20.3 Å². The lowest BCUT2D eigenvalue weighted by molar-refractivity contribution is -0.144. The number of piperazine rings is 1. The van der Waals surface area contributed by atoms with Crippen LogP contribution in [-0.2, 0) is 25.5 Å². The van der Waals surface area contributed by atoms with Gasteiger partial charge in [0.05, 0.1) is 46.1 Å². The molecule has 6 aromatic rings. The molecule has 0 radical (unpaired) electrons. The molecule has 8 heterocycles. The summed E-state index contributed by atoms with van der Waals surface area (Å²) in [5.74, 6) is -0.949. The van der Waals surface area contributed by atoms with Gasteiger partial charge in [-0.25, -0.2) is 18.6 Å². The van der Waals surface area contributed by atoms with Gasteiger partial charge in [-0.2, -0.15) is 9.97 Å². The van der Waals surface area contributed by atoms with Crippen LogP contribution in [0.4, 0.5) is 19.4 Å². The number of hydrogen-bond donors (Lipinski definition) is 3. The van der Waals surface area contributed by atoms with Gasteiger partial charge in [0.2, 0.25) is 17.7 Å². The Bertz CT molecular complexity index is 3530. The third-order valence-electron chi connectivity index (χ3n) is 18.1. The van der Waals surface area contributed by atoms with Crippen LogP contribution in [0.25, 0.3) is 43.4 Å². The van der Waals surface area contributed by atoms with Crippen LogP contribution in [0.3, 0.4) is 0 Å². The standard InChI is InChI=1S/C66H83F2N11O7S/c1-10-42-13-11-14-45-29-48(80)30-49(53(42)45)55-54(67)56-50(32-69-55)59(77-33-46-20-21-47(34-77)79(46)63(84)86-65(7,8)9)74-62(73-56)85-28-27-75-25-22-41(23-26-75)31-66(68)36-76(37-66)35-52(81)72-58(64(4,5)6)61(83)78-24-12-15-51(78)60(82)71-39(2)43-16-18-44(19-17-43)57-40(3)70-38-87-57/h11,13-14,16-19,29-30,32,38-39,41,46-47,51,58,80H,10,12,15,20-28,31,33-37H2,1-9H3,(H,71,82)(H,72,81). The third kappa shape index (κ3) is 13.4. The molecule has 4 amide bonds. The van der Waals surface area contributed by atoms with E-state index in [0.29, 0.717) is 68.6 Å². The van der Waals surface area contributed by atoms with E-state index in [1.54, 1.807) is 39.5 Å². The van der Waals surface area contributed by atoms with Gasteiger partial charge in [0.15, 0.2) is 5.82 Å². The topological polar surface area (TPSA) is 199 Å². The number of alkyl halides is 1. The number of phenolic OH excluding ortho intramolecular Hbond substituents is 1. The highest BCUT2D eigenvalue weighted by molar-refractivity contribution is 7.13. The van der Waals surface area contributed by atoms with Crippen LogP contribution in [0.15, 0.2) is 66.3 Å². The monoisotopic (exact) mass is 1210 g/mol. The fraction of sp³-hybridized carbons (Fsp3) is 0.545. The van der Waals surface area contributed by atoms with Crippen molar-refractivity contribution >= 4 is 62.6 Å². The SMILES string of the molecule is CCc1cccc2cc(O)cc(-c3ncc4c(N5CC6CCC(C5)N6C(=O)OC(C)(C)C)nc(OCCN5CCC(CC6(F)CN(CC(=O)NC(C(=O)N7CCCC7C(=O)NC(C)c7ccc(-c8scnc8C)cc7)C(C)(C)C)C6)CC5)nc4c3F)c12. The molecule has 11 rings (SSSR count). The molecule has 18 nitrogen and oxygen atoms in total. The molecule has 5 aliphatic heterocycles. The Hall–Kier alpha value is -7.10. The smallest absolute Gasteiger partial charge is 0.410 e. The lowest BCUT2D eigenvalue weighted by atomic mass is 9.81. The van der Waals surface area contributed by atoms with Crippen molar-refractivity contribution in [3.8, 4) is 33.5 Å². The van der Waals surface area contributed by atoms with E-state index in [-0.39, 0.29) is 97.1 Å². The van der Waals surface area contributed by atoms with Crippen LogP contribution in [0, 0.1) is 24.1 Å². The number of likely N-dealkylation sites (tertiary alicyclic amines) is 3. The van der Waals surface area contributed by atoms with Crippen molar-refractivity contribution in [1.82, 2.24) is 50.2 Å². The highest BCUT2D eigenvalue weighted by Gasteiger charge is 2.48. The van der Waals surface area contributed by atoms with Gasteiger partial charge in [-0.05, 0) is 150 Å². The summed E-state index contributed by atoms with van der Waals surface area (Å²) in [4.78, 5) is 84.6. The van der Waals surface area contributed by atoms with E-state index in [9.17, 15) is 24.3 Å². The summed E-state index contributed by atoms with van der Waals surface area (Å²) < 4.78 is 45.9. The maximum Gasteiger partial charge on any atom is 0.410 e. The fourth-order valence-corrected chi connectivity index (χ4v) is 14.6. The zero-order valence-electron chi connectivity index (χ0n) is 51.6. The van der Waals surface area contributed by atoms with Crippen LogP contribution in [0.2, 0.25) is 0 Å². The molecule has 5 unspecified atom stereocenters. The summed E-state index contributed by atoms with van der Waals surface area (Å²) in [6, 6.07) is 15.0. The summed E-state index contributed by atoms with van der Waals surface area (Å²) >= 11 is 1.59. The molecule has 464 valence electrons. The molecule has 0 spiro atoms. The number of benzene rings is 3. The van der Waals surface area contributed by atoms with Gasteiger partial charge >= 0.3 is 12.1 Å². The number of piperidine rings is 1. The Labute approximate surface area is 512 Å². The van der Waals surface area contributed by atoms with E-state index < -0.39 is 34.6 Å².